The van der Waals surface area contributed by atoms with Crippen molar-refractivity contribution in [1.29, 1.82) is 0 Å². The van der Waals surface area contributed by atoms with E-state index in [0.717, 1.165) is 19.5 Å². The van der Waals surface area contributed by atoms with E-state index >= 15 is 0 Å². The first-order chi connectivity index (χ1) is 9.61. The maximum absolute atomic E-state index is 12.7. The molecule has 1 fully saturated rings. The van der Waals surface area contributed by atoms with E-state index in [4.69, 9.17) is 0 Å². The van der Waals surface area contributed by atoms with Crippen molar-refractivity contribution in [2.75, 3.05) is 13.1 Å². The van der Waals surface area contributed by atoms with Gasteiger partial charge in [-0.2, -0.15) is 0 Å². The van der Waals surface area contributed by atoms with Gasteiger partial charge < -0.3 is 10.2 Å². The van der Waals surface area contributed by atoms with Crippen molar-refractivity contribution in [2.45, 2.75) is 46.2 Å². The average Bonchev–Trinajstić information content (AvgIpc) is 2.46. The highest BCUT2D eigenvalue weighted by molar-refractivity contribution is 5.82. The molecular formula is C17H26N2O. The van der Waals surface area contributed by atoms with Gasteiger partial charge in [-0.05, 0) is 50.3 Å². The Bertz CT molecular complexity index is 458. The molecule has 1 heterocycles. The van der Waals surface area contributed by atoms with Crippen LogP contribution in [-0.4, -0.2) is 29.9 Å². The lowest BCUT2D eigenvalue weighted by Gasteiger charge is -2.32. The predicted molar refractivity (Wildman–Crippen MR) is 82.5 cm³/mol. The fourth-order valence-electron chi connectivity index (χ4n) is 2.85. The quantitative estimate of drug-likeness (QED) is 0.915. The summed E-state index contributed by atoms with van der Waals surface area (Å²) in [6.07, 6.45) is 2.14. The highest BCUT2D eigenvalue weighted by atomic mass is 16.2. The Hall–Kier alpha value is -1.35. The molecule has 1 aromatic rings. The summed E-state index contributed by atoms with van der Waals surface area (Å²) in [5.74, 6) is 0.893. The molecule has 2 rings (SSSR count). The van der Waals surface area contributed by atoms with Crippen LogP contribution in [0.25, 0.3) is 0 Å². The number of amides is 1. The minimum atomic E-state index is 0.00252. The number of hydrogen-bond acceptors (Lipinski definition) is 2. The van der Waals surface area contributed by atoms with Crippen molar-refractivity contribution in [3.63, 3.8) is 0 Å². The van der Waals surface area contributed by atoms with Gasteiger partial charge in [-0.15, -0.1) is 0 Å². The van der Waals surface area contributed by atoms with Crippen LogP contribution in [0.1, 0.15) is 37.8 Å². The molecule has 0 saturated carbocycles. The Morgan fingerprint density at radius 2 is 2.15 bits per heavy atom. The summed E-state index contributed by atoms with van der Waals surface area (Å²) in [6, 6.07) is 8.31. The Kier molecular flexibility index (Phi) is 5.18. The molecule has 0 radical (unpaired) electrons. The minimum Gasteiger partial charge on any atom is -0.337 e. The van der Waals surface area contributed by atoms with Gasteiger partial charge in [-0.1, -0.05) is 31.2 Å². The third-order valence-corrected chi connectivity index (χ3v) is 4.28. The summed E-state index contributed by atoms with van der Waals surface area (Å²) in [4.78, 5) is 14.6. The van der Waals surface area contributed by atoms with Gasteiger partial charge in [0.2, 0.25) is 5.91 Å². The number of benzene rings is 1. The maximum atomic E-state index is 12.7. The van der Waals surface area contributed by atoms with Gasteiger partial charge >= 0.3 is 0 Å². The summed E-state index contributed by atoms with van der Waals surface area (Å²) in [5, 5.41) is 3.37. The van der Waals surface area contributed by atoms with Crippen molar-refractivity contribution in [2.24, 2.45) is 5.92 Å². The first-order valence-corrected chi connectivity index (χ1v) is 7.68. The molecule has 20 heavy (non-hydrogen) atoms. The largest absolute Gasteiger partial charge is 0.337 e. The van der Waals surface area contributed by atoms with Gasteiger partial charge in [0.1, 0.15) is 0 Å². The van der Waals surface area contributed by atoms with Crippen LogP contribution < -0.4 is 5.32 Å². The first-order valence-electron chi connectivity index (χ1n) is 7.68. The topological polar surface area (TPSA) is 32.3 Å². The third kappa shape index (κ3) is 3.60. The van der Waals surface area contributed by atoms with Gasteiger partial charge in [0.25, 0.3) is 0 Å². The molecule has 1 amide bonds. The zero-order valence-electron chi connectivity index (χ0n) is 12.9. The fraction of sp³-hybridized carbons (Fsp3) is 0.588. The first kappa shape index (κ1) is 15.0. The van der Waals surface area contributed by atoms with Crippen LogP contribution >= 0.6 is 0 Å². The van der Waals surface area contributed by atoms with Crippen LogP contribution in [0.3, 0.4) is 0 Å². The normalized spacial score (nSPS) is 22.6. The second kappa shape index (κ2) is 6.89. The molecule has 2 atom stereocenters. The Balaban J connectivity index is 2.04. The molecular weight excluding hydrogens is 248 g/mol. The standard InChI is InChI=1S/C17H26N2O/c1-4-19(12-15-8-6-5-7-14(15)3)17(20)16-11-13(2)9-10-18-16/h5-8,13,16,18H,4,9-12H2,1-3H3. The Morgan fingerprint density at radius 1 is 1.40 bits per heavy atom. The average molecular weight is 274 g/mol. The van der Waals surface area contributed by atoms with Crippen LogP contribution in [0.5, 0.6) is 0 Å². The van der Waals surface area contributed by atoms with Crippen LogP contribution in [0, 0.1) is 12.8 Å². The minimum absolute atomic E-state index is 0.00252. The molecule has 110 valence electrons. The summed E-state index contributed by atoms with van der Waals surface area (Å²) < 4.78 is 0. The molecule has 2 unspecified atom stereocenters. The van der Waals surface area contributed by atoms with Crippen LogP contribution in [-0.2, 0) is 11.3 Å². The number of aryl methyl sites for hydroxylation is 1. The lowest BCUT2D eigenvalue weighted by Crippen LogP contribution is -2.49. The second-order valence-electron chi connectivity index (χ2n) is 5.92. The van der Waals surface area contributed by atoms with Gasteiger partial charge in [-0.3, -0.25) is 4.79 Å². The Morgan fingerprint density at radius 3 is 2.80 bits per heavy atom. The van der Waals surface area contributed by atoms with E-state index in [0.29, 0.717) is 12.5 Å². The molecule has 1 aromatic carbocycles. The molecule has 0 bridgehead atoms. The number of nitrogens with one attached hydrogen (secondary N) is 1. The zero-order valence-corrected chi connectivity index (χ0v) is 12.9. The van der Waals surface area contributed by atoms with E-state index in [2.05, 4.69) is 38.2 Å². The molecule has 0 aromatic heterocycles. The number of hydrogen-bond donors (Lipinski definition) is 1. The van der Waals surface area contributed by atoms with Crippen LogP contribution in [0.4, 0.5) is 0 Å². The molecule has 3 nitrogen and oxygen atoms in total. The summed E-state index contributed by atoms with van der Waals surface area (Å²) >= 11 is 0. The Labute approximate surface area is 122 Å². The third-order valence-electron chi connectivity index (χ3n) is 4.28. The number of rotatable bonds is 4. The number of piperidine rings is 1. The SMILES string of the molecule is CCN(Cc1ccccc1C)C(=O)C1CC(C)CCN1. The molecule has 0 spiro atoms. The van der Waals surface area contributed by atoms with E-state index in [9.17, 15) is 4.79 Å². The van der Waals surface area contributed by atoms with Gasteiger partial charge in [0.15, 0.2) is 0 Å². The predicted octanol–water partition coefficient (Wildman–Crippen LogP) is 2.73. The molecule has 3 heteroatoms. The second-order valence-corrected chi connectivity index (χ2v) is 5.92. The lowest BCUT2D eigenvalue weighted by atomic mass is 9.93. The number of carbonyl (C=O) groups excluding carboxylic acids is 1. The summed E-state index contributed by atoms with van der Waals surface area (Å²) in [6.45, 7) is 8.84. The summed E-state index contributed by atoms with van der Waals surface area (Å²) in [5.41, 5.74) is 2.50. The number of likely N-dealkylation sites (N-methyl/N-ethyl adjacent to an activating group) is 1. The van der Waals surface area contributed by atoms with E-state index in [1.54, 1.807) is 0 Å². The highest BCUT2D eigenvalue weighted by Gasteiger charge is 2.27. The smallest absolute Gasteiger partial charge is 0.240 e. The zero-order chi connectivity index (χ0) is 14.5. The number of carbonyl (C=O) groups is 1. The summed E-state index contributed by atoms with van der Waals surface area (Å²) in [7, 11) is 0. The van der Waals surface area contributed by atoms with E-state index in [1.165, 1.54) is 17.5 Å². The monoisotopic (exact) mass is 274 g/mol. The van der Waals surface area contributed by atoms with Gasteiger partial charge in [0, 0.05) is 13.1 Å². The molecule has 1 aliphatic rings. The van der Waals surface area contributed by atoms with Crippen molar-refractivity contribution < 1.29 is 4.79 Å². The van der Waals surface area contributed by atoms with E-state index in [1.807, 2.05) is 17.0 Å². The lowest BCUT2D eigenvalue weighted by molar-refractivity contribution is -0.134. The van der Waals surface area contributed by atoms with Crippen molar-refractivity contribution >= 4 is 5.91 Å². The molecule has 1 N–H and O–H groups in total. The highest BCUT2D eigenvalue weighted by Crippen LogP contribution is 2.18. The van der Waals surface area contributed by atoms with Crippen molar-refractivity contribution in [3.05, 3.63) is 35.4 Å². The van der Waals surface area contributed by atoms with E-state index < -0.39 is 0 Å². The molecule has 1 aliphatic heterocycles. The fourth-order valence-corrected chi connectivity index (χ4v) is 2.85. The van der Waals surface area contributed by atoms with Crippen molar-refractivity contribution in [1.82, 2.24) is 10.2 Å². The number of nitrogens with zero attached hydrogens (tertiary/aromatic N) is 1. The van der Waals surface area contributed by atoms with E-state index in [-0.39, 0.29) is 11.9 Å². The van der Waals surface area contributed by atoms with Crippen LogP contribution in [0.15, 0.2) is 24.3 Å². The van der Waals surface area contributed by atoms with Crippen LogP contribution in [0.2, 0.25) is 0 Å². The maximum Gasteiger partial charge on any atom is 0.240 e. The van der Waals surface area contributed by atoms with Crippen molar-refractivity contribution in [3.8, 4) is 0 Å². The van der Waals surface area contributed by atoms with Gasteiger partial charge in [-0.25, -0.2) is 0 Å². The molecule has 0 aliphatic carbocycles. The molecule has 1 saturated heterocycles. The van der Waals surface area contributed by atoms with Gasteiger partial charge in [0.05, 0.1) is 6.04 Å².